The summed E-state index contributed by atoms with van der Waals surface area (Å²) in [5, 5.41) is 16.1. The average molecular weight is 488 g/mol. The second-order valence-electron chi connectivity index (χ2n) is 7.73. The monoisotopic (exact) mass is 487 g/mol. The molecule has 0 aliphatic heterocycles. The van der Waals surface area contributed by atoms with Gasteiger partial charge in [-0.05, 0) is 49.7 Å². The first-order valence-electron chi connectivity index (χ1n) is 9.38. The molecule has 160 valence electrons. The summed E-state index contributed by atoms with van der Waals surface area (Å²) in [7, 11) is 0. The Bertz CT molecular complexity index is 891. The highest BCUT2D eigenvalue weighted by Gasteiger charge is 2.25. The molecule has 0 fully saturated rings. The number of aliphatic hydroxyl groups is 1. The van der Waals surface area contributed by atoms with Crippen LogP contribution in [0, 0.1) is 0 Å². The minimum absolute atomic E-state index is 0.0110. The third kappa shape index (κ3) is 6.40. The molecule has 1 atom stereocenters. The van der Waals surface area contributed by atoms with Gasteiger partial charge in [0.05, 0.1) is 21.3 Å². The van der Waals surface area contributed by atoms with Crippen molar-refractivity contribution in [1.82, 2.24) is 0 Å². The maximum absolute atomic E-state index is 12.5. The summed E-state index contributed by atoms with van der Waals surface area (Å²) in [6, 6.07) is 3.56. The van der Waals surface area contributed by atoms with Crippen molar-refractivity contribution in [3.05, 3.63) is 22.2 Å². The Balaban J connectivity index is 2.36. The van der Waals surface area contributed by atoms with Crippen LogP contribution in [0.5, 0.6) is 5.75 Å². The Morgan fingerprint density at radius 1 is 1.34 bits per heavy atom. The van der Waals surface area contributed by atoms with E-state index in [1.807, 2.05) is 0 Å². The van der Waals surface area contributed by atoms with E-state index in [9.17, 15) is 14.7 Å². The number of aliphatic hydroxyl groups excluding tert-OH is 1. The van der Waals surface area contributed by atoms with Gasteiger partial charge in [-0.2, -0.15) is 0 Å². The SMILES string of the molecule is CCOC(=O)c1c(NC(C)=O)sc2c(OC[C@@H](O)C[NH2+]C(C)(C)C)c(Br)ccc12. The molecule has 4 N–H and O–H groups in total. The Morgan fingerprint density at radius 2 is 2.03 bits per heavy atom. The van der Waals surface area contributed by atoms with Gasteiger partial charge in [0.25, 0.3) is 0 Å². The number of nitrogens with two attached hydrogens (primary N) is 1. The molecule has 7 nitrogen and oxygen atoms in total. The summed E-state index contributed by atoms with van der Waals surface area (Å²) < 4.78 is 12.5. The molecular formula is C20H28BrN2O5S+. The number of hydrogen-bond acceptors (Lipinski definition) is 6. The molecule has 0 bridgehead atoms. The predicted octanol–water partition coefficient (Wildman–Crippen LogP) is 2.90. The fourth-order valence-corrected chi connectivity index (χ4v) is 4.45. The van der Waals surface area contributed by atoms with Gasteiger partial charge in [-0.3, -0.25) is 4.79 Å². The molecule has 1 aromatic carbocycles. The number of carbonyl (C=O) groups is 2. The van der Waals surface area contributed by atoms with Crippen LogP contribution in [-0.2, 0) is 9.53 Å². The molecule has 0 aliphatic carbocycles. The average Bonchev–Trinajstić information content (AvgIpc) is 2.96. The minimum atomic E-state index is -0.657. The molecule has 0 saturated carbocycles. The van der Waals surface area contributed by atoms with Crippen LogP contribution < -0.4 is 15.4 Å². The van der Waals surface area contributed by atoms with Gasteiger partial charge in [0, 0.05) is 12.3 Å². The topological polar surface area (TPSA) is 101 Å². The van der Waals surface area contributed by atoms with E-state index in [0.29, 0.717) is 37.4 Å². The molecule has 0 spiro atoms. The first-order chi connectivity index (χ1) is 13.5. The molecule has 1 aromatic heterocycles. The lowest BCUT2D eigenvalue weighted by molar-refractivity contribution is -0.722. The summed E-state index contributed by atoms with van der Waals surface area (Å²) in [5.74, 6) is -0.267. The van der Waals surface area contributed by atoms with Gasteiger partial charge in [-0.1, -0.05) is 6.07 Å². The van der Waals surface area contributed by atoms with E-state index in [1.54, 1.807) is 19.1 Å². The highest BCUT2D eigenvalue weighted by atomic mass is 79.9. The molecule has 0 saturated heterocycles. The lowest BCUT2D eigenvalue weighted by Gasteiger charge is -2.20. The van der Waals surface area contributed by atoms with Gasteiger partial charge in [-0.15, -0.1) is 11.3 Å². The molecule has 0 radical (unpaired) electrons. The quantitative estimate of drug-likeness (QED) is 0.496. The van der Waals surface area contributed by atoms with Crippen LogP contribution in [0.15, 0.2) is 16.6 Å². The third-order valence-corrected chi connectivity index (χ3v) is 5.70. The van der Waals surface area contributed by atoms with E-state index in [-0.39, 0.29) is 24.7 Å². The van der Waals surface area contributed by atoms with Crippen molar-refractivity contribution in [2.75, 3.05) is 25.1 Å². The van der Waals surface area contributed by atoms with E-state index in [4.69, 9.17) is 9.47 Å². The molecule has 9 heteroatoms. The molecule has 0 unspecified atom stereocenters. The van der Waals surface area contributed by atoms with E-state index in [1.165, 1.54) is 18.3 Å². The zero-order chi connectivity index (χ0) is 21.8. The number of thiophene rings is 1. The highest BCUT2D eigenvalue weighted by Crippen LogP contribution is 2.44. The number of carbonyl (C=O) groups excluding carboxylic acids is 2. The first-order valence-corrected chi connectivity index (χ1v) is 11.0. The van der Waals surface area contributed by atoms with Crippen molar-refractivity contribution >= 4 is 54.2 Å². The number of amides is 1. The van der Waals surface area contributed by atoms with Crippen molar-refractivity contribution in [1.29, 1.82) is 0 Å². The molecule has 2 aromatic rings. The van der Waals surface area contributed by atoms with Crippen molar-refractivity contribution < 1.29 is 29.5 Å². The fraction of sp³-hybridized carbons (Fsp3) is 0.500. The number of fused-ring (bicyclic) bond motifs is 1. The number of quaternary nitrogens is 1. The number of benzene rings is 1. The van der Waals surface area contributed by atoms with Crippen LogP contribution in [0.1, 0.15) is 45.0 Å². The highest BCUT2D eigenvalue weighted by molar-refractivity contribution is 9.10. The normalized spacial score (nSPS) is 12.7. The van der Waals surface area contributed by atoms with Crippen molar-refractivity contribution in [2.24, 2.45) is 0 Å². The zero-order valence-corrected chi connectivity index (χ0v) is 19.7. The van der Waals surface area contributed by atoms with Crippen molar-refractivity contribution in [3.63, 3.8) is 0 Å². The standard InChI is InChI=1S/C20H27BrN2O5S/c1-6-27-19(26)15-13-7-8-14(21)16(17(13)29-18(15)23-11(2)24)28-10-12(25)9-22-20(3,4)5/h7-8,12,22,25H,6,9-10H2,1-5H3,(H,23,24)/p+1/t12-/m0/s1. The van der Waals surface area contributed by atoms with Crippen LogP contribution in [0.3, 0.4) is 0 Å². The van der Waals surface area contributed by atoms with E-state index in [2.05, 4.69) is 47.3 Å². The lowest BCUT2D eigenvalue weighted by Crippen LogP contribution is -2.96. The van der Waals surface area contributed by atoms with Crippen molar-refractivity contribution in [3.8, 4) is 5.75 Å². The minimum Gasteiger partial charge on any atom is -0.488 e. The second-order valence-corrected chi connectivity index (χ2v) is 9.61. The smallest absolute Gasteiger partial charge is 0.341 e. The van der Waals surface area contributed by atoms with Gasteiger partial charge in [0.1, 0.15) is 29.8 Å². The Kier molecular flexibility index (Phi) is 8.04. The molecule has 0 aliphatic rings. The second kappa shape index (κ2) is 9.88. The number of halogens is 1. The van der Waals surface area contributed by atoms with Gasteiger partial charge in [-0.25, -0.2) is 4.79 Å². The summed E-state index contributed by atoms with van der Waals surface area (Å²) in [4.78, 5) is 24.1. The number of anilines is 1. The molecular weight excluding hydrogens is 460 g/mol. The Labute approximate surface area is 182 Å². The first kappa shape index (κ1) is 23.6. The number of esters is 1. The fourth-order valence-electron chi connectivity index (χ4n) is 2.64. The third-order valence-electron chi connectivity index (χ3n) is 3.96. The summed E-state index contributed by atoms with van der Waals surface area (Å²) in [6.45, 7) is 10.2. The van der Waals surface area contributed by atoms with E-state index in [0.717, 1.165) is 0 Å². The maximum Gasteiger partial charge on any atom is 0.341 e. The number of hydrogen-bond donors (Lipinski definition) is 3. The maximum atomic E-state index is 12.5. The number of ether oxygens (including phenoxy) is 2. The molecule has 1 amide bonds. The zero-order valence-electron chi connectivity index (χ0n) is 17.3. The largest absolute Gasteiger partial charge is 0.488 e. The Morgan fingerprint density at radius 3 is 2.62 bits per heavy atom. The predicted molar refractivity (Wildman–Crippen MR) is 118 cm³/mol. The van der Waals surface area contributed by atoms with Crippen LogP contribution in [0.2, 0.25) is 0 Å². The van der Waals surface area contributed by atoms with Crippen molar-refractivity contribution in [2.45, 2.75) is 46.3 Å². The summed E-state index contributed by atoms with van der Waals surface area (Å²) >= 11 is 4.72. The van der Waals surface area contributed by atoms with E-state index < -0.39 is 12.1 Å². The lowest BCUT2D eigenvalue weighted by atomic mass is 10.1. The van der Waals surface area contributed by atoms with Gasteiger partial charge >= 0.3 is 5.97 Å². The van der Waals surface area contributed by atoms with Crippen LogP contribution in [0.4, 0.5) is 5.00 Å². The van der Waals surface area contributed by atoms with E-state index >= 15 is 0 Å². The van der Waals surface area contributed by atoms with Crippen LogP contribution in [-0.4, -0.2) is 48.4 Å². The molecule has 1 heterocycles. The number of nitrogens with one attached hydrogen (secondary N) is 1. The summed E-state index contributed by atoms with van der Waals surface area (Å²) in [6.07, 6.45) is -0.657. The van der Waals surface area contributed by atoms with Gasteiger partial charge < -0.3 is 25.2 Å². The van der Waals surface area contributed by atoms with Crippen LogP contribution >= 0.6 is 27.3 Å². The molecule has 2 rings (SSSR count). The Hall–Kier alpha value is -1.68. The molecule has 29 heavy (non-hydrogen) atoms. The summed E-state index contributed by atoms with van der Waals surface area (Å²) in [5.41, 5.74) is 0.318. The number of rotatable bonds is 8. The van der Waals surface area contributed by atoms with Gasteiger partial charge in [0.15, 0.2) is 5.75 Å². The van der Waals surface area contributed by atoms with Crippen LogP contribution in [0.25, 0.3) is 10.1 Å². The van der Waals surface area contributed by atoms with Gasteiger partial charge in [0.2, 0.25) is 5.91 Å².